The summed E-state index contributed by atoms with van der Waals surface area (Å²) in [6, 6.07) is 0.0127. The van der Waals surface area contributed by atoms with Crippen LogP contribution in [0.1, 0.15) is 19.8 Å². The number of hydrogen-bond acceptors (Lipinski definition) is 2. The summed E-state index contributed by atoms with van der Waals surface area (Å²) in [7, 11) is 0. The Bertz CT molecular complexity index is 88.5. The minimum absolute atomic E-state index is 0.0127. The van der Waals surface area contributed by atoms with Gasteiger partial charge in [0.15, 0.2) is 0 Å². The standard InChI is InChI=1S/C7H16F2N2/c1-2-3-6(10)4-11-5-7(8)9/h6-7,11H,2-5,10H2,1H3. The first-order chi connectivity index (χ1) is 5.16. The lowest BCUT2D eigenvalue weighted by Gasteiger charge is -2.10. The molecule has 0 aliphatic rings. The first-order valence-electron chi connectivity index (χ1n) is 3.91. The second-order valence-corrected chi connectivity index (χ2v) is 2.60. The summed E-state index contributed by atoms with van der Waals surface area (Å²) in [4.78, 5) is 0. The molecule has 0 spiro atoms. The highest BCUT2D eigenvalue weighted by Crippen LogP contribution is 1.92. The quantitative estimate of drug-likeness (QED) is 0.617. The molecular weight excluding hydrogens is 150 g/mol. The van der Waals surface area contributed by atoms with Crippen molar-refractivity contribution in [3.8, 4) is 0 Å². The average molecular weight is 166 g/mol. The second kappa shape index (κ2) is 6.49. The molecule has 0 radical (unpaired) electrons. The molecule has 0 aromatic carbocycles. The molecule has 1 unspecified atom stereocenters. The van der Waals surface area contributed by atoms with E-state index in [9.17, 15) is 8.78 Å². The number of rotatable bonds is 6. The van der Waals surface area contributed by atoms with Crippen LogP contribution in [-0.4, -0.2) is 25.6 Å². The Morgan fingerprint density at radius 2 is 2.00 bits per heavy atom. The summed E-state index contributed by atoms with van der Waals surface area (Å²) in [5, 5.41) is 2.59. The van der Waals surface area contributed by atoms with Gasteiger partial charge in [-0.1, -0.05) is 13.3 Å². The van der Waals surface area contributed by atoms with E-state index in [4.69, 9.17) is 5.73 Å². The number of nitrogens with two attached hydrogens (primary N) is 1. The average Bonchev–Trinajstić information content (AvgIpc) is 1.87. The largest absolute Gasteiger partial charge is 0.327 e. The topological polar surface area (TPSA) is 38.0 Å². The molecule has 4 heteroatoms. The van der Waals surface area contributed by atoms with Gasteiger partial charge in [-0.3, -0.25) is 0 Å². The molecule has 1 atom stereocenters. The van der Waals surface area contributed by atoms with Gasteiger partial charge in [-0.05, 0) is 6.42 Å². The number of hydrogen-bond donors (Lipinski definition) is 2. The maximum atomic E-state index is 11.6. The van der Waals surface area contributed by atoms with Crippen LogP contribution < -0.4 is 11.1 Å². The lowest BCUT2D eigenvalue weighted by Crippen LogP contribution is -2.35. The van der Waals surface area contributed by atoms with Crippen molar-refractivity contribution in [2.24, 2.45) is 5.73 Å². The van der Waals surface area contributed by atoms with Gasteiger partial charge in [0, 0.05) is 12.6 Å². The number of nitrogens with one attached hydrogen (secondary N) is 1. The molecule has 0 aliphatic heterocycles. The van der Waals surface area contributed by atoms with Gasteiger partial charge in [-0.15, -0.1) is 0 Å². The first-order valence-corrected chi connectivity index (χ1v) is 3.91. The fourth-order valence-electron chi connectivity index (χ4n) is 0.851. The van der Waals surface area contributed by atoms with Crippen molar-refractivity contribution in [3.05, 3.63) is 0 Å². The zero-order valence-corrected chi connectivity index (χ0v) is 6.82. The minimum atomic E-state index is -2.27. The fraction of sp³-hybridized carbons (Fsp3) is 1.00. The second-order valence-electron chi connectivity index (χ2n) is 2.60. The molecule has 0 aromatic rings. The summed E-state index contributed by atoms with van der Waals surface area (Å²) in [6.45, 7) is 2.25. The smallest absolute Gasteiger partial charge is 0.250 e. The van der Waals surface area contributed by atoms with Gasteiger partial charge in [0.05, 0.1) is 6.54 Å². The minimum Gasteiger partial charge on any atom is -0.327 e. The van der Waals surface area contributed by atoms with E-state index in [1.54, 1.807) is 0 Å². The third kappa shape index (κ3) is 7.68. The molecule has 0 aromatic heterocycles. The molecule has 0 saturated heterocycles. The van der Waals surface area contributed by atoms with Crippen molar-refractivity contribution in [1.82, 2.24) is 5.32 Å². The van der Waals surface area contributed by atoms with Crippen LogP contribution >= 0.6 is 0 Å². The van der Waals surface area contributed by atoms with Crippen molar-refractivity contribution in [3.63, 3.8) is 0 Å². The predicted octanol–water partition coefficient (Wildman–Crippen LogP) is 0.969. The van der Waals surface area contributed by atoms with Crippen LogP contribution in [0.2, 0.25) is 0 Å². The van der Waals surface area contributed by atoms with Gasteiger partial charge in [0.25, 0.3) is 6.43 Å². The van der Waals surface area contributed by atoms with Crippen LogP contribution in [-0.2, 0) is 0 Å². The molecule has 0 bridgehead atoms. The number of alkyl halides is 2. The molecule has 0 rings (SSSR count). The molecule has 0 aliphatic carbocycles. The monoisotopic (exact) mass is 166 g/mol. The highest BCUT2D eigenvalue weighted by atomic mass is 19.3. The molecule has 0 fully saturated rings. The molecule has 0 saturated carbocycles. The molecule has 2 nitrogen and oxygen atoms in total. The maximum absolute atomic E-state index is 11.6. The van der Waals surface area contributed by atoms with Crippen molar-refractivity contribution >= 4 is 0 Å². The van der Waals surface area contributed by atoms with Gasteiger partial charge in [-0.25, -0.2) is 8.78 Å². The van der Waals surface area contributed by atoms with Gasteiger partial charge < -0.3 is 11.1 Å². The van der Waals surface area contributed by atoms with Crippen LogP contribution in [0.25, 0.3) is 0 Å². The van der Waals surface area contributed by atoms with Gasteiger partial charge in [-0.2, -0.15) is 0 Å². The van der Waals surface area contributed by atoms with E-state index in [0.717, 1.165) is 12.8 Å². The third-order valence-electron chi connectivity index (χ3n) is 1.36. The summed E-state index contributed by atoms with van der Waals surface area (Å²) in [6.07, 6.45) is -0.392. The fourth-order valence-corrected chi connectivity index (χ4v) is 0.851. The molecule has 0 amide bonds. The Morgan fingerprint density at radius 1 is 1.36 bits per heavy atom. The summed E-state index contributed by atoms with van der Waals surface area (Å²) in [5.41, 5.74) is 5.56. The highest BCUT2D eigenvalue weighted by Gasteiger charge is 2.03. The van der Waals surface area contributed by atoms with Crippen molar-refractivity contribution in [2.45, 2.75) is 32.2 Å². The van der Waals surface area contributed by atoms with Gasteiger partial charge in [0.2, 0.25) is 0 Å². The Hall–Kier alpha value is -0.220. The van der Waals surface area contributed by atoms with Crippen LogP contribution in [0, 0.1) is 0 Å². The Morgan fingerprint density at radius 3 is 2.45 bits per heavy atom. The predicted molar refractivity (Wildman–Crippen MR) is 41.8 cm³/mol. The molecular formula is C7H16F2N2. The van der Waals surface area contributed by atoms with Crippen LogP contribution in [0.5, 0.6) is 0 Å². The van der Waals surface area contributed by atoms with Crippen molar-refractivity contribution < 1.29 is 8.78 Å². The number of halogens is 2. The summed E-state index contributed by atoms with van der Waals surface area (Å²) >= 11 is 0. The van der Waals surface area contributed by atoms with E-state index >= 15 is 0 Å². The van der Waals surface area contributed by atoms with Crippen LogP contribution in [0.15, 0.2) is 0 Å². The van der Waals surface area contributed by atoms with Crippen LogP contribution in [0.3, 0.4) is 0 Å². The SMILES string of the molecule is CCCC(N)CNCC(F)F. The van der Waals surface area contributed by atoms with E-state index in [1.807, 2.05) is 6.92 Å². The normalized spacial score (nSPS) is 13.9. The van der Waals surface area contributed by atoms with E-state index in [-0.39, 0.29) is 12.6 Å². The van der Waals surface area contributed by atoms with Gasteiger partial charge in [0.1, 0.15) is 0 Å². The Balaban J connectivity index is 3.10. The summed E-state index contributed by atoms with van der Waals surface area (Å²) < 4.78 is 23.1. The lowest BCUT2D eigenvalue weighted by molar-refractivity contribution is 0.145. The van der Waals surface area contributed by atoms with Crippen LogP contribution in [0.4, 0.5) is 8.78 Å². The van der Waals surface area contributed by atoms with E-state index in [0.29, 0.717) is 6.54 Å². The van der Waals surface area contributed by atoms with E-state index in [2.05, 4.69) is 5.32 Å². The highest BCUT2D eigenvalue weighted by molar-refractivity contribution is 4.63. The maximum Gasteiger partial charge on any atom is 0.250 e. The third-order valence-corrected chi connectivity index (χ3v) is 1.36. The Labute approximate surface area is 66.1 Å². The van der Waals surface area contributed by atoms with E-state index in [1.165, 1.54) is 0 Å². The lowest BCUT2D eigenvalue weighted by atomic mass is 10.2. The molecule has 68 valence electrons. The van der Waals surface area contributed by atoms with Crippen molar-refractivity contribution in [2.75, 3.05) is 13.1 Å². The first kappa shape index (κ1) is 10.8. The zero-order chi connectivity index (χ0) is 8.69. The molecule has 3 N–H and O–H groups in total. The van der Waals surface area contributed by atoms with Gasteiger partial charge >= 0.3 is 0 Å². The molecule has 0 heterocycles. The molecule has 11 heavy (non-hydrogen) atoms. The zero-order valence-electron chi connectivity index (χ0n) is 6.82. The summed E-state index contributed by atoms with van der Waals surface area (Å²) in [5.74, 6) is 0. The van der Waals surface area contributed by atoms with E-state index < -0.39 is 6.43 Å². The van der Waals surface area contributed by atoms with Crippen molar-refractivity contribution in [1.29, 1.82) is 0 Å². The Kier molecular flexibility index (Phi) is 6.36.